The number of benzene rings is 1. The van der Waals surface area contributed by atoms with E-state index in [-0.39, 0.29) is 12.4 Å². The van der Waals surface area contributed by atoms with Crippen molar-refractivity contribution in [1.29, 1.82) is 0 Å². The molecule has 0 amide bonds. The molecule has 1 N–H and O–H groups in total. The van der Waals surface area contributed by atoms with Crippen molar-refractivity contribution in [2.75, 3.05) is 6.61 Å². The molecule has 0 bridgehead atoms. The first-order valence-corrected chi connectivity index (χ1v) is 4.55. The lowest BCUT2D eigenvalue weighted by Gasteiger charge is -2.18. The number of ether oxygens (including phenoxy) is 1. The van der Waals surface area contributed by atoms with Crippen molar-refractivity contribution < 1.29 is 14.6 Å². The number of hydrogen-bond acceptors (Lipinski definition) is 4. The molecule has 0 saturated carbocycles. The van der Waals surface area contributed by atoms with E-state index < -0.39 is 5.54 Å². The number of rotatable bonds is 4. The van der Waals surface area contributed by atoms with Gasteiger partial charge in [-0.1, -0.05) is 12.1 Å². The van der Waals surface area contributed by atoms with Gasteiger partial charge in [0.15, 0.2) is 11.5 Å². The highest BCUT2D eigenvalue weighted by Crippen LogP contribution is 2.25. The Labute approximate surface area is 88.2 Å². The molecule has 0 fully saturated rings. The lowest BCUT2D eigenvalue weighted by molar-refractivity contribution is 0.235. The van der Waals surface area contributed by atoms with Gasteiger partial charge < -0.3 is 9.84 Å². The van der Waals surface area contributed by atoms with E-state index in [1.54, 1.807) is 32.0 Å². The van der Waals surface area contributed by atoms with Gasteiger partial charge in [0.1, 0.15) is 12.1 Å². The molecular weight excluding hydrogens is 194 g/mol. The molecule has 0 radical (unpaired) electrons. The molecule has 0 aliphatic rings. The summed E-state index contributed by atoms with van der Waals surface area (Å²) in [5.41, 5.74) is -0.635. The lowest BCUT2D eigenvalue weighted by atomic mass is 10.1. The third-order valence-electron chi connectivity index (χ3n) is 1.79. The third kappa shape index (κ3) is 3.44. The van der Waals surface area contributed by atoms with Crippen molar-refractivity contribution in [2.45, 2.75) is 19.4 Å². The largest absolute Gasteiger partial charge is 0.504 e. The van der Waals surface area contributed by atoms with Crippen molar-refractivity contribution >= 4 is 6.08 Å². The molecule has 0 saturated heterocycles. The summed E-state index contributed by atoms with van der Waals surface area (Å²) < 4.78 is 5.33. The molecule has 0 spiro atoms. The SMILES string of the molecule is CC(C)(COc1ccccc1O)N=C=O. The van der Waals surface area contributed by atoms with E-state index in [2.05, 4.69) is 4.99 Å². The molecule has 0 unspecified atom stereocenters. The lowest BCUT2D eigenvalue weighted by Crippen LogP contribution is -2.26. The Kier molecular flexibility index (Phi) is 3.47. The molecule has 0 aliphatic carbocycles. The van der Waals surface area contributed by atoms with Crippen LogP contribution in [0.25, 0.3) is 0 Å². The summed E-state index contributed by atoms with van der Waals surface area (Å²) in [6, 6.07) is 6.64. The topological polar surface area (TPSA) is 58.9 Å². The minimum atomic E-state index is -0.635. The Morgan fingerprint density at radius 3 is 2.73 bits per heavy atom. The molecule has 1 rings (SSSR count). The second-order valence-corrected chi connectivity index (χ2v) is 3.77. The molecule has 4 nitrogen and oxygen atoms in total. The van der Waals surface area contributed by atoms with E-state index in [4.69, 9.17) is 4.74 Å². The monoisotopic (exact) mass is 207 g/mol. The van der Waals surface area contributed by atoms with Crippen LogP contribution in [0, 0.1) is 0 Å². The van der Waals surface area contributed by atoms with Gasteiger partial charge in [0.2, 0.25) is 6.08 Å². The molecule has 0 aliphatic heterocycles. The number of carbonyl (C=O) groups excluding carboxylic acids is 1. The second-order valence-electron chi connectivity index (χ2n) is 3.77. The smallest absolute Gasteiger partial charge is 0.235 e. The zero-order valence-corrected chi connectivity index (χ0v) is 8.73. The van der Waals surface area contributed by atoms with Crippen molar-refractivity contribution in [3.63, 3.8) is 0 Å². The van der Waals surface area contributed by atoms with Crippen LogP contribution in [0.15, 0.2) is 29.3 Å². The van der Waals surface area contributed by atoms with Gasteiger partial charge in [-0.15, -0.1) is 0 Å². The molecular formula is C11H13NO3. The summed E-state index contributed by atoms with van der Waals surface area (Å²) in [5.74, 6) is 0.454. The number of phenols is 1. The quantitative estimate of drug-likeness (QED) is 0.605. The number of hydrogen-bond donors (Lipinski definition) is 1. The summed E-state index contributed by atoms with van der Waals surface area (Å²) in [6.07, 6.45) is 1.49. The zero-order chi connectivity index (χ0) is 11.3. The van der Waals surface area contributed by atoms with E-state index in [1.165, 1.54) is 12.1 Å². The van der Waals surface area contributed by atoms with Gasteiger partial charge in [-0.05, 0) is 26.0 Å². The van der Waals surface area contributed by atoms with E-state index >= 15 is 0 Å². The fraction of sp³-hybridized carbons (Fsp3) is 0.364. The summed E-state index contributed by atoms with van der Waals surface area (Å²) in [7, 11) is 0. The second kappa shape index (κ2) is 4.62. The average Bonchev–Trinajstić information content (AvgIpc) is 2.16. The van der Waals surface area contributed by atoms with Crippen molar-refractivity contribution in [3.8, 4) is 11.5 Å². The third-order valence-corrected chi connectivity index (χ3v) is 1.79. The highest BCUT2D eigenvalue weighted by atomic mass is 16.5. The Morgan fingerprint density at radius 1 is 1.47 bits per heavy atom. The molecule has 0 aromatic heterocycles. The summed E-state index contributed by atoms with van der Waals surface area (Å²) in [6.45, 7) is 3.70. The van der Waals surface area contributed by atoms with Crippen molar-refractivity contribution in [3.05, 3.63) is 24.3 Å². The van der Waals surface area contributed by atoms with Crippen LogP contribution in [0.4, 0.5) is 0 Å². The fourth-order valence-corrected chi connectivity index (χ4v) is 0.989. The van der Waals surface area contributed by atoms with E-state index in [0.717, 1.165) is 0 Å². The van der Waals surface area contributed by atoms with Crippen LogP contribution >= 0.6 is 0 Å². The van der Waals surface area contributed by atoms with Crippen LogP contribution in [0.2, 0.25) is 0 Å². The van der Waals surface area contributed by atoms with Crippen LogP contribution in [-0.4, -0.2) is 23.3 Å². The number of aliphatic imine (C=N–C) groups is 1. The average molecular weight is 207 g/mol. The molecule has 1 aromatic carbocycles. The van der Waals surface area contributed by atoms with Gasteiger partial charge in [0.05, 0.1) is 0 Å². The number of isocyanates is 1. The maximum absolute atomic E-state index is 10.1. The number of phenolic OH excluding ortho intramolecular Hbond substituents is 1. The molecule has 0 atom stereocenters. The van der Waals surface area contributed by atoms with Gasteiger partial charge in [-0.3, -0.25) is 0 Å². The van der Waals surface area contributed by atoms with Crippen LogP contribution in [-0.2, 0) is 4.79 Å². The summed E-state index contributed by atoms with van der Waals surface area (Å²) in [4.78, 5) is 13.7. The predicted octanol–water partition coefficient (Wildman–Crippen LogP) is 1.89. The van der Waals surface area contributed by atoms with Crippen molar-refractivity contribution in [1.82, 2.24) is 0 Å². The van der Waals surface area contributed by atoms with Crippen LogP contribution in [0.3, 0.4) is 0 Å². The number of aromatic hydroxyl groups is 1. The maximum atomic E-state index is 10.1. The van der Waals surface area contributed by atoms with E-state index in [9.17, 15) is 9.90 Å². The molecule has 0 heterocycles. The molecule has 4 heteroatoms. The Balaban J connectivity index is 2.65. The van der Waals surface area contributed by atoms with Crippen molar-refractivity contribution in [2.24, 2.45) is 4.99 Å². The molecule has 80 valence electrons. The zero-order valence-electron chi connectivity index (χ0n) is 8.73. The van der Waals surface area contributed by atoms with Gasteiger partial charge in [-0.25, -0.2) is 4.79 Å². The minimum Gasteiger partial charge on any atom is -0.504 e. The van der Waals surface area contributed by atoms with E-state index in [0.29, 0.717) is 5.75 Å². The first kappa shape index (κ1) is 11.3. The highest BCUT2D eigenvalue weighted by molar-refractivity contribution is 5.38. The molecule has 15 heavy (non-hydrogen) atoms. The number of para-hydroxylation sites is 2. The first-order valence-electron chi connectivity index (χ1n) is 4.55. The number of nitrogens with zero attached hydrogens (tertiary/aromatic N) is 1. The maximum Gasteiger partial charge on any atom is 0.235 e. The molecule has 1 aromatic rings. The highest BCUT2D eigenvalue weighted by Gasteiger charge is 2.17. The van der Waals surface area contributed by atoms with Gasteiger partial charge in [-0.2, -0.15) is 4.99 Å². The Morgan fingerprint density at radius 2 is 2.13 bits per heavy atom. The first-order chi connectivity index (χ1) is 7.05. The van der Waals surface area contributed by atoms with Crippen LogP contribution in [0.5, 0.6) is 11.5 Å². The predicted molar refractivity (Wildman–Crippen MR) is 55.8 cm³/mol. The standard InChI is InChI=1S/C11H13NO3/c1-11(2,12-8-13)7-15-10-6-4-3-5-9(10)14/h3-6,14H,7H2,1-2H3. The van der Waals surface area contributed by atoms with Gasteiger partial charge >= 0.3 is 0 Å². The Bertz CT molecular complexity index is 381. The van der Waals surface area contributed by atoms with Gasteiger partial charge in [0.25, 0.3) is 0 Å². The summed E-state index contributed by atoms with van der Waals surface area (Å²) in [5, 5.41) is 9.40. The Hall–Kier alpha value is -1.80. The normalized spacial score (nSPS) is 10.5. The van der Waals surface area contributed by atoms with Gasteiger partial charge in [0, 0.05) is 0 Å². The van der Waals surface area contributed by atoms with Crippen LogP contribution in [0.1, 0.15) is 13.8 Å². The fourth-order valence-electron chi connectivity index (χ4n) is 0.989. The van der Waals surface area contributed by atoms with Crippen LogP contribution < -0.4 is 4.74 Å². The minimum absolute atomic E-state index is 0.0726. The van der Waals surface area contributed by atoms with E-state index in [1.807, 2.05) is 0 Å². The summed E-state index contributed by atoms with van der Waals surface area (Å²) >= 11 is 0.